The molecular formula is C21H21BrFNO4. The maximum absolute atomic E-state index is 13.4. The molecule has 2 aromatic carbocycles. The van der Waals surface area contributed by atoms with Gasteiger partial charge in [-0.2, -0.15) is 0 Å². The Balaban J connectivity index is 1.86. The molecule has 0 unspecified atom stereocenters. The number of ether oxygens (including phenoxy) is 2. The topological polar surface area (TPSA) is 55.8 Å². The minimum atomic E-state index is -0.849. The van der Waals surface area contributed by atoms with Crippen LogP contribution < -0.4 is 4.74 Å². The van der Waals surface area contributed by atoms with Crippen LogP contribution in [0.5, 0.6) is 5.75 Å². The van der Waals surface area contributed by atoms with Crippen LogP contribution in [0, 0.1) is 5.82 Å². The predicted molar refractivity (Wildman–Crippen MR) is 106 cm³/mol. The van der Waals surface area contributed by atoms with E-state index < -0.39 is 17.3 Å². The van der Waals surface area contributed by atoms with E-state index in [0.717, 1.165) is 11.8 Å². The van der Waals surface area contributed by atoms with E-state index in [1.54, 1.807) is 51.1 Å². The standard InChI is InChI=1S/C21H21BrFNO4/c1-20(2,3)28-19(26)24-12-21(13-24,15-4-6-16(23)7-5-15)27-17-8-9-18(22)14(10-17)11-25/h4-11H,12-13H2,1-3H3. The predicted octanol–water partition coefficient (Wildman–Crippen LogP) is 4.93. The molecule has 0 spiro atoms. The van der Waals surface area contributed by atoms with Crippen LogP contribution >= 0.6 is 15.9 Å². The van der Waals surface area contributed by atoms with Gasteiger partial charge < -0.3 is 9.47 Å². The number of nitrogens with zero attached hydrogens (tertiary/aromatic N) is 1. The van der Waals surface area contributed by atoms with E-state index in [0.29, 0.717) is 15.8 Å². The smallest absolute Gasteiger partial charge is 0.410 e. The van der Waals surface area contributed by atoms with Crippen LogP contribution in [0.4, 0.5) is 9.18 Å². The summed E-state index contributed by atoms with van der Waals surface area (Å²) in [5.74, 6) is 0.132. The lowest BCUT2D eigenvalue weighted by Gasteiger charge is -2.49. The molecule has 3 rings (SSSR count). The van der Waals surface area contributed by atoms with E-state index in [9.17, 15) is 14.0 Å². The summed E-state index contributed by atoms with van der Waals surface area (Å²) < 4.78 is 25.7. The van der Waals surface area contributed by atoms with Crippen molar-refractivity contribution < 1.29 is 23.5 Å². The van der Waals surface area contributed by atoms with Gasteiger partial charge >= 0.3 is 6.09 Å². The highest BCUT2D eigenvalue weighted by molar-refractivity contribution is 9.10. The highest BCUT2D eigenvalue weighted by Gasteiger charge is 2.50. The molecule has 1 aliphatic rings. The van der Waals surface area contributed by atoms with Crippen molar-refractivity contribution in [2.75, 3.05) is 13.1 Å². The number of hydrogen-bond acceptors (Lipinski definition) is 4. The summed E-state index contributed by atoms with van der Waals surface area (Å²) in [4.78, 5) is 25.1. The first kappa shape index (κ1) is 20.3. The van der Waals surface area contributed by atoms with E-state index in [4.69, 9.17) is 9.47 Å². The Bertz CT molecular complexity index is 886. The molecule has 2 aromatic rings. The maximum atomic E-state index is 13.4. The molecule has 0 aromatic heterocycles. The van der Waals surface area contributed by atoms with E-state index >= 15 is 0 Å². The van der Waals surface area contributed by atoms with Gasteiger partial charge in [0.05, 0.1) is 13.1 Å². The van der Waals surface area contributed by atoms with Crippen LogP contribution in [-0.2, 0) is 10.3 Å². The fourth-order valence-corrected chi connectivity index (χ4v) is 3.33. The normalized spacial score (nSPS) is 15.5. The SMILES string of the molecule is CC(C)(C)OC(=O)N1CC(Oc2ccc(Br)c(C=O)c2)(c2ccc(F)cc2)C1. The van der Waals surface area contributed by atoms with Crippen LogP contribution in [0.3, 0.4) is 0 Å². The molecule has 0 N–H and O–H groups in total. The summed E-state index contributed by atoms with van der Waals surface area (Å²) >= 11 is 3.31. The molecule has 0 bridgehead atoms. The maximum Gasteiger partial charge on any atom is 0.410 e. The van der Waals surface area contributed by atoms with Crippen molar-refractivity contribution >= 4 is 28.3 Å². The lowest BCUT2D eigenvalue weighted by Crippen LogP contribution is -2.64. The zero-order valence-electron chi connectivity index (χ0n) is 15.9. The van der Waals surface area contributed by atoms with Crippen LogP contribution in [0.2, 0.25) is 0 Å². The lowest BCUT2D eigenvalue weighted by atomic mass is 9.86. The molecule has 0 aliphatic carbocycles. The molecule has 1 heterocycles. The van der Waals surface area contributed by atoms with Crippen LogP contribution in [0.25, 0.3) is 0 Å². The van der Waals surface area contributed by atoms with Gasteiger partial charge in [-0.25, -0.2) is 9.18 Å². The fourth-order valence-electron chi connectivity index (χ4n) is 2.99. The summed E-state index contributed by atoms with van der Waals surface area (Å²) in [6.07, 6.45) is 0.299. The quantitative estimate of drug-likeness (QED) is 0.621. The second-order valence-corrected chi connectivity index (χ2v) is 8.60. The monoisotopic (exact) mass is 449 g/mol. The van der Waals surface area contributed by atoms with Crippen LogP contribution in [0.15, 0.2) is 46.9 Å². The van der Waals surface area contributed by atoms with Crippen molar-refractivity contribution in [1.82, 2.24) is 4.90 Å². The number of carbonyl (C=O) groups excluding carboxylic acids is 2. The molecule has 1 amide bonds. The Kier molecular flexibility index (Phi) is 5.48. The Morgan fingerprint density at radius 3 is 2.39 bits per heavy atom. The molecule has 1 fully saturated rings. The number of hydrogen-bond donors (Lipinski definition) is 0. The second-order valence-electron chi connectivity index (χ2n) is 7.74. The van der Waals surface area contributed by atoms with E-state index in [-0.39, 0.29) is 18.9 Å². The zero-order chi connectivity index (χ0) is 20.5. The number of benzene rings is 2. The van der Waals surface area contributed by atoms with Crippen molar-refractivity contribution in [2.24, 2.45) is 0 Å². The van der Waals surface area contributed by atoms with Crippen LogP contribution in [0.1, 0.15) is 36.7 Å². The number of rotatable bonds is 4. The van der Waals surface area contributed by atoms with Gasteiger partial charge in [-0.15, -0.1) is 0 Å². The van der Waals surface area contributed by atoms with Crippen molar-refractivity contribution in [3.05, 3.63) is 63.9 Å². The van der Waals surface area contributed by atoms with E-state index in [1.165, 1.54) is 17.0 Å². The number of likely N-dealkylation sites (tertiary alicyclic amines) is 1. The van der Waals surface area contributed by atoms with Crippen molar-refractivity contribution in [2.45, 2.75) is 32.0 Å². The largest absolute Gasteiger partial charge is 0.479 e. The summed E-state index contributed by atoms with van der Waals surface area (Å²) in [7, 11) is 0. The van der Waals surface area contributed by atoms with Gasteiger partial charge in [-0.1, -0.05) is 28.1 Å². The van der Waals surface area contributed by atoms with E-state index in [2.05, 4.69) is 15.9 Å². The van der Waals surface area contributed by atoms with Crippen molar-refractivity contribution in [1.29, 1.82) is 0 Å². The third kappa shape index (κ3) is 4.35. The van der Waals surface area contributed by atoms with E-state index in [1.807, 2.05) is 0 Å². The summed E-state index contributed by atoms with van der Waals surface area (Å²) in [5.41, 5.74) is -0.255. The zero-order valence-corrected chi connectivity index (χ0v) is 17.5. The van der Waals surface area contributed by atoms with Crippen LogP contribution in [-0.4, -0.2) is 36.0 Å². The Morgan fingerprint density at radius 1 is 1.18 bits per heavy atom. The Labute approximate surface area is 171 Å². The first-order valence-corrected chi connectivity index (χ1v) is 9.59. The number of carbonyl (C=O) groups is 2. The lowest BCUT2D eigenvalue weighted by molar-refractivity contribution is -0.0863. The van der Waals surface area contributed by atoms with Gasteiger partial charge in [0.25, 0.3) is 0 Å². The fraction of sp³-hybridized carbons (Fsp3) is 0.333. The van der Waals surface area contributed by atoms with Crippen molar-refractivity contribution in [3.63, 3.8) is 0 Å². The number of aldehydes is 1. The summed E-state index contributed by atoms with van der Waals surface area (Å²) in [5, 5.41) is 0. The highest BCUT2D eigenvalue weighted by atomic mass is 79.9. The molecule has 5 nitrogen and oxygen atoms in total. The minimum absolute atomic E-state index is 0.250. The Morgan fingerprint density at radius 2 is 1.82 bits per heavy atom. The number of amides is 1. The molecule has 28 heavy (non-hydrogen) atoms. The molecule has 1 aliphatic heterocycles. The van der Waals surface area contributed by atoms with Gasteiger partial charge in [0.15, 0.2) is 11.9 Å². The average molecular weight is 450 g/mol. The summed E-state index contributed by atoms with van der Waals surface area (Å²) in [6.45, 7) is 5.91. The van der Waals surface area contributed by atoms with Gasteiger partial charge in [-0.3, -0.25) is 9.69 Å². The molecule has 1 saturated heterocycles. The average Bonchev–Trinajstić information content (AvgIpc) is 2.58. The highest BCUT2D eigenvalue weighted by Crippen LogP contribution is 2.38. The Hall–Kier alpha value is -2.41. The second kappa shape index (κ2) is 7.54. The minimum Gasteiger partial charge on any atom is -0.479 e. The molecule has 0 saturated carbocycles. The molecule has 0 radical (unpaired) electrons. The molecular weight excluding hydrogens is 429 g/mol. The molecule has 0 atom stereocenters. The molecule has 148 valence electrons. The van der Waals surface area contributed by atoms with Gasteiger partial charge in [0.1, 0.15) is 17.2 Å². The molecule has 7 heteroatoms. The van der Waals surface area contributed by atoms with Gasteiger partial charge in [0, 0.05) is 10.0 Å². The third-order valence-corrected chi connectivity index (χ3v) is 5.04. The first-order valence-electron chi connectivity index (χ1n) is 8.80. The summed E-state index contributed by atoms with van der Waals surface area (Å²) in [6, 6.07) is 11.1. The van der Waals surface area contributed by atoms with Gasteiger partial charge in [0.2, 0.25) is 0 Å². The van der Waals surface area contributed by atoms with Crippen molar-refractivity contribution in [3.8, 4) is 5.75 Å². The first-order chi connectivity index (χ1) is 13.1. The number of halogens is 2. The van der Waals surface area contributed by atoms with Gasteiger partial charge in [-0.05, 0) is 56.7 Å². The third-order valence-electron chi connectivity index (χ3n) is 4.32.